The van der Waals surface area contributed by atoms with Gasteiger partial charge in [0.05, 0.1) is 18.2 Å². The predicted octanol–water partition coefficient (Wildman–Crippen LogP) is 3.12. The second-order valence-corrected chi connectivity index (χ2v) is 5.34. The monoisotopic (exact) mass is 306 g/mol. The van der Waals surface area contributed by atoms with Crippen molar-refractivity contribution >= 4 is 5.96 Å². The van der Waals surface area contributed by atoms with E-state index in [0.717, 1.165) is 24.6 Å². The zero-order valence-electron chi connectivity index (χ0n) is 13.6. The normalized spacial score (nSPS) is 10.9. The van der Waals surface area contributed by atoms with E-state index in [9.17, 15) is 0 Å². The molecule has 0 aromatic heterocycles. The first-order chi connectivity index (χ1) is 11.2. The number of nitriles is 1. The molecule has 0 spiro atoms. The van der Waals surface area contributed by atoms with Gasteiger partial charge in [-0.3, -0.25) is 0 Å². The first kappa shape index (κ1) is 16.6. The van der Waals surface area contributed by atoms with E-state index < -0.39 is 0 Å². The van der Waals surface area contributed by atoms with Gasteiger partial charge in [-0.15, -0.1) is 0 Å². The summed E-state index contributed by atoms with van der Waals surface area (Å²) in [6.45, 7) is 6.26. The lowest BCUT2D eigenvalue weighted by atomic mass is 10.1. The van der Waals surface area contributed by atoms with Crippen LogP contribution in [0.25, 0.3) is 0 Å². The topological polar surface area (TPSA) is 60.2 Å². The average Bonchev–Trinajstić information content (AvgIpc) is 2.59. The number of benzene rings is 2. The van der Waals surface area contributed by atoms with Gasteiger partial charge in [-0.05, 0) is 37.1 Å². The molecule has 0 heterocycles. The molecule has 0 radical (unpaired) electrons. The quantitative estimate of drug-likeness (QED) is 0.659. The van der Waals surface area contributed by atoms with E-state index in [4.69, 9.17) is 5.26 Å². The lowest BCUT2D eigenvalue weighted by Crippen LogP contribution is -2.36. The Morgan fingerprint density at radius 1 is 1.00 bits per heavy atom. The van der Waals surface area contributed by atoms with Crippen molar-refractivity contribution in [3.8, 4) is 6.07 Å². The van der Waals surface area contributed by atoms with Crippen LogP contribution >= 0.6 is 0 Å². The molecule has 0 aliphatic carbocycles. The Morgan fingerprint density at radius 3 is 2.26 bits per heavy atom. The molecule has 0 saturated carbocycles. The predicted molar refractivity (Wildman–Crippen MR) is 94.0 cm³/mol. The summed E-state index contributed by atoms with van der Waals surface area (Å²) in [5.74, 6) is 0.789. The second-order valence-electron chi connectivity index (χ2n) is 5.34. The number of hydrogen-bond acceptors (Lipinski definition) is 2. The fourth-order valence-corrected chi connectivity index (χ4v) is 2.09. The molecule has 4 heteroatoms. The average molecular weight is 306 g/mol. The fraction of sp³-hybridized carbons (Fsp3) is 0.263. The summed E-state index contributed by atoms with van der Waals surface area (Å²) in [6, 6.07) is 18.1. The number of nitrogens with one attached hydrogen (secondary N) is 2. The maximum absolute atomic E-state index is 8.81. The van der Waals surface area contributed by atoms with Crippen molar-refractivity contribution in [1.82, 2.24) is 10.6 Å². The summed E-state index contributed by atoms with van der Waals surface area (Å²) in [5, 5.41) is 15.4. The molecule has 2 aromatic rings. The van der Waals surface area contributed by atoms with E-state index in [1.165, 1.54) is 11.1 Å². The fourth-order valence-electron chi connectivity index (χ4n) is 2.09. The second kappa shape index (κ2) is 8.60. The number of hydrogen-bond donors (Lipinski definition) is 2. The van der Waals surface area contributed by atoms with Crippen LogP contribution in [0.5, 0.6) is 0 Å². The Kier molecular flexibility index (Phi) is 6.19. The first-order valence-corrected chi connectivity index (χ1v) is 7.78. The van der Waals surface area contributed by atoms with Gasteiger partial charge < -0.3 is 10.6 Å². The smallest absolute Gasteiger partial charge is 0.191 e. The maximum atomic E-state index is 8.81. The van der Waals surface area contributed by atoms with E-state index in [-0.39, 0.29) is 0 Å². The highest BCUT2D eigenvalue weighted by Crippen LogP contribution is 2.05. The highest BCUT2D eigenvalue weighted by atomic mass is 15.2. The molecule has 0 bridgehead atoms. The minimum Gasteiger partial charge on any atom is -0.357 e. The third kappa shape index (κ3) is 5.48. The minimum absolute atomic E-state index is 0.578. The molecule has 0 fully saturated rings. The van der Waals surface area contributed by atoms with Crippen LogP contribution in [0.3, 0.4) is 0 Å². The van der Waals surface area contributed by atoms with Gasteiger partial charge in [-0.25, -0.2) is 4.99 Å². The number of aliphatic imine (C=N–C) groups is 1. The molecule has 0 saturated heterocycles. The maximum Gasteiger partial charge on any atom is 0.191 e. The first-order valence-electron chi connectivity index (χ1n) is 7.78. The van der Waals surface area contributed by atoms with Gasteiger partial charge in [0.2, 0.25) is 0 Å². The molecule has 2 aromatic carbocycles. The summed E-state index contributed by atoms with van der Waals surface area (Å²) in [4.78, 5) is 4.58. The Labute approximate surface area is 137 Å². The van der Waals surface area contributed by atoms with Crippen molar-refractivity contribution < 1.29 is 0 Å². The molecule has 23 heavy (non-hydrogen) atoms. The Bertz CT molecular complexity index is 679. The van der Waals surface area contributed by atoms with Crippen LogP contribution < -0.4 is 10.6 Å². The van der Waals surface area contributed by atoms with Crippen LogP contribution in [-0.2, 0) is 13.1 Å². The van der Waals surface area contributed by atoms with Crippen molar-refractivity contribution in [2.75, 3.05) is 6.54 Å². The summed E-state index contributed by atoms with van der Waals surface area (Å²) in [5.41, 5.74) is 4.23. The highest BCUT2D eigenvalue weighted by Gasteiger charge is 1.99. The third-order valence-electron chi connectivity index (χ3n) is 3.43. The lowest BCUT2D eigenvalue weighted by molar-refractivity contribution is 0.816. The van der Waals surface area contributed by atoms with Gasteiger partial charge in [0.1, 0.15) is 0 Å². The van der Waals surface area contributed by atoms with Crippen LogP contribution in [0.4, 0.5) is 0 Å². The van der Waals surface area contributed by atoms with Crippen molar-refractivity contribution in [3.05, 3.63) is 70.8 Å². The highest BCUT2D eigenvalue weighted by molar-refractivity contribution is 5.79. The summed E-state index contributed by atoms with van der Waals surface area (Å²) < 4.78 is 0. The van der Waals surface area contributed by atoms with E-state index >= 15 is 0 Å². The van der Waals surface area contributed by atoms with Gasteiger partial charge >= 0.3 is 0 Å². The van der Waals surface area contributed by atoms with Crippen LogP contribution in [-0.4, -0.2) is 12.5 Å². The summed E-state index contributed by atoms with van der Waals surface area (Å²) in [7, 11) is 0. The molecule has 118 valence electrons. The van der Waals surface area contributed by atoms with Gasteiger partial charge in [-0.2, -0.15) is 5.26 Å². The third-order valence-corrected chi connectivity index (χ3v) is 3.43. The Balaban J connectivity index is 1.96. The van der Waals surface area contributed by atoms with Gasteiger partial charge in [0.15, 0.2) is 5.96 Å². The van der Waals surface area contributed by atoms with Crippen LogP contribution in [0, 0.1) is 18.3 Å². The van der Waals surface area contributed by atoms with Crippen molar-refractivity contribution in [2.45, 2.75) is 26.9 Å². The molecule has 0 aliphatic heterocycles. The molecule has 2 N–H and O–H groups in total. The van der Waals surface area contributed by atoms with Gasteiger partial charge in [0, 0.05) is 13.1 Å². The zero-order valence-corrected chi connectivity index (χ0v) is 13.6. The van der Waals surface area contributed by atoms with E-state index in [0.29, 0.717) is 12.1 Å². The Hall–Kier alpha value is -2.80. The van der Waals surface area contributed by atoms with Crippen molar-refractivity contribution in [1.29, 1.82) is 5.26 Å². The molecular weight excluding hydrogens is 284 g/mol. The lowest BCUT2D eigenvalue weighted by Gasteiger charge is -2.11. The number of rotatable bonds is 5. The molecule has 4 nitrogen and oxygen atoms in total. The van der Waals surface area contributed by atoms with Gasteiger partial charge in [0.25, 0.3) is 0 Å². The number of guanidine groups is 1. The van der Waals surface area contributed by atoms with E-state index in [1.807, 2.05) is 31.2 Å². The number of nitrogens with zero attached hydrogens (tertiary/aromatic N) is 2. The van der Waals surface area contributed by atoms with Crippen LogP contribution in [0.2, 0.25) is 0 Å². The molecular formula is C19H22N4. The largest absolute Gasteiger partial charge is 0.357 e. The molecule has 2 rings (SSSR count). The molecule has 0 unspecified atom stereocenters. The Morgan fingerprint density at radius 2 is 1.65 bits per heavy atom. The van der Waals surface area contributed by atoms with E-state index in [1.54, 1.807) is 0 Å². The minimum atomic E-state index is 0.578. The van der Waals surface area contributed by atoms with E-state index in [2.05, 4.69) is 52.9 Å². The van der Waals surface area contributed by atoms with Gasteiger partial charge in [-0.1, -0.05) is 42.0 Å². The number of aryl methyl sites for hydroxylation is 1. The summed E-state index contributed by atoms with van der Waals surface area (Å²) >= 11 is 0. The van der Waals surface area contributed by atoms with Crippen molar-refractivity contribution in [2.24, 2.45) is 4.99 Å². The molecule has 0 amide bonds. The SMILES string of the molecule is CCNC(=NCc1ccc(C#N)cc1)NCc1ccc(C)cc1. The van der Waals surface area contributed by atoms with Crippen molar-refractivity contribution in [3.63, 3.8) is 0 Å². The standard InChI is InChI=1S/C19H22N4/c1-3-21-19(22-13-17-6-4-15(2)5-7-17)23-14-18-10-8-16(12-20)9-11-18/h4-11H,3,13-14H2,1-2H3,(H2,21,22,23). The molecule has 0 atom stereocenters. The zero-order chi connectivity index (χ0) is 16.5. The van der Waals surface area contributed by atoms with Crippen LogP contribution in [0.1, 0.15) is 29.2 Å². The molecule has 0 aliphatic rings. The van der Waals surface area contributed by atoms with Crippen LogP contribution in [0.15, 0.2) is 53.5 Å². The summed E-state index contributed by atoms with van der Waals surface area (Å²) in [6.07, 6.45) is 0.